The van der Waals surface area contributed by atoms with Gasteiger partial charge in [-0.15, -0.1) is 0 Å². The Morgan fingerprint density at radius 1 is 1.35 bits per heavy atom. The maximum Gasteiger partial charge on any atom is 0.287 e. The number of carbonyl (C=O) groups is 1. The molecular weight excluding hydrogens is 318 g/mol. The van der Waals surface area contributed by atoms with Gasteiger partial charge in [-0.1, -0.05) is 17.7 Å². The number of halogens is 1. The van der Waals surface area contributed by atoms with Crippen molar-refractivity contribution in [3.05, 3.63) is 52.9 Å². The first-order chi connectivity index (χ1) is 11.2. The van der Waals surface area contributed by atoms with Gasteiger partial charge in [-0.25, -0.2) is 0 Å². The molecule has 0 aliphatic carbocycles. The Morgan fingerprint density at radius 2 is 2.26 bits per heavy atom. The average molecular weight is 336 g/mol. The fraction of sp³-hybridized carbons (Fsp3) is 0.353. The van der Waals surface area contributed by atoms with Gasteiger partial charge in [0.1, 0.15) is 18.1 Å². The quantitative estimate of drug-likeness (QED) is 0.878. The minimum atomic E-state index is -0.241. The van der Waals surface area contributed by atoms with E-state index in [0.717, 1.165) is 19.4 Å². The molecule has 1 aromatic heterocycles. The van der Waals surface area contributed by atoms with Crippen LogP contribution in [0.3, 0.4) is 0 Å². The lowest BCUT2D eigenvalue weighted by molar-refractivity contribution is 0.0832. The highest BCUT2D eigenvalue weighted by atomic mass is 35.5. The monoisotopic (exact) mass is 335 g/mol. The molecule has 0 bridgehead atoms. The Kier molecular flexibility index (Phi) is 5.20. The van der Waals surface area contributed by atoms with Crippen LogP contribution in [0.15, 0.2) is 40.8 Å². The molecule has 2 heterocycles. The second-order valence-corrected chi connectivity index (χ2v) is 5.79. The SMILES string of the molecule is O=C(NC[C@H]1CCCO1)c1ccc(COc2cccc(Cl)c2)o1. The van der Waals surface area contributed by atoms with Gasteiger partial charge in [-0.05, 0) is 43.2 Å². The summed E-state index contributed by atoms with van der Waals surface area (Å²) in [7, 11) is 0. The summed E-state index contributed by atoms with van der Waals surface area (Å²) >= 11 is 5.89. The Balaban J connectivity index is 1.49. The fourth-order valence-corrected chi connectivity index (χ4v) is 2.57. The summed E-state index contributed by atoms with van der Waals surface area (Å²) in [6.07, 6.45) is 2.14. The van der Waals surface area contributed by atoms with Crippen LogP contribution in [0.1, 0.15) is 29.2 Å². The number of hydrogen-bond acceptors (Lipinski definition) is 4. The highest BCUT2D eigenvalue weighted by molar-refractivity contribution is 6.30. The minimum absolute atomic E-state index is 0.111. The molecule has 1 aliphatic heterocycles. The van der Waals surface area contributed by atoms with Crippen LogP contribution < -0.4 is 10.1 Å². The molecule has 0 radical (unpaired) electrons. The van der Waals surface area contributed by atoms with E-state index < -0.39 is 0 Å². The van der Waals surface area contributed by atoms with Crippen LogP contribution in [0.4, 0.5) is 0 Å². The smallest absolute Gasteiger partial charge is 0.287 e. The number of amides is 1. The summed E-state index contributed by atoms with van der Waals surface area (Å²) in [5.41, 5.74) is 0. The van der Waals surface area contributed by atoms with Crippen LogP contribution in [0.5, 0.6) is 5.75 Å². The molecule has 1 saturated heterocycles. The zero-order valence-electron chi connectivity index (χ0n) is 12.6. The van der Waals surface area contributed by atoms with Gasteiger partial charge in [-0.3, -0.25) is 4.79 Å². The molecule has 1 atom stereocenters. The standard InChI is InChI=1S/C17H18ClNO4/c18-12-3-1-4-13(9-12)22-11-15-6-7-16(23-15)17(20)19-10-14-5-2-8-21-14/h1,3-4,6-7,9,14H,2,5,8,10-11H2,(H,19,20)/t14-/m1/s1. The van der Waals surface area contributed by atoms with E-state index in [1.54, 1.807) is 24.3 Å². The van der Waals surface area contributed by atoms with Gasteiger partial charge in [0, 0.05) is 18.2 Å². The summed E-state index contributed by atoms with van der Waals surface area (Å²) in [6.45, 7) is 1.51. The fourth-order valence-electron chi connectivity index (χ4n) is 2.39. The maximum absolute atomic E-state index is 12.0. The van der Waals surface area contributed by atoms with Crippen molar-refractivity contribution in [2.45, 2.75) is 25.6 Å². The predicted molar refractivity (Wildman–Crippen MR) is 85.8 cm³/mol. The molecule has 1 amide bonds. The molecular formula is C17H18ClNO4. The third kappa shape index (κ3) is 4.50. The minimum Gasteiger partial charge on any atom is -0.486 e. The van der Waals surface area contributed by atoms with Crippen molar-refractivity contribution in [1.29, 1.82) is 0 Å². The number of rotatable bonds is 6. The van der Waals surface area contributed by atoms with Crippen LogP contribution in [0, 0.1) is 0 Å². The van der Waals surface area contributed by atoms with Gasteiger partial charge in [0.05, 0.1) is 6.10 Å². The zero-order valence-corrected chi connectivity index (χ0v) is 13.3. The second kappa shape index (κ2) is 7.53. The number of ether oxygens (including phenoxy) is 2. The molecule has 122 valence electrons. The van der Waals surface area contributed by atoms with Crippen LogP contribution in [0.2, 0.25) is 5.02 Å². The third-order valence-electron chi connectivity index (χ3n) is 3.58. The zero-order chi connectivity index (χ0) is 16.1. The summed E-state index contributed by atoms with van der Waals surface area (Å²) in [5, 5.41) is 3.43. The molecule has 1 aromatic carbocycles. The molecule has 2 aromatic rings. The summed E-state index contributed by atoms with van der Waals surface area (Å²) in [5.74, 6) is 1.26. The normalized spacial score (nSPS) is 17.2. The Labute approximate surface area is 139 Å². The van der Waals surface area contributed by atoms with E-state index in [-0.39, 0.29) is 24.4 Å². The number of carbonyl (C=O) groups excluding carboxylic acids is 1. The molecule has 5 nitrogen and oxygen atoms in total. The van der Waals surface area contributed by atoms with E-state index in [4.69, 9.17) is 25.5 Å². The highest BCUT2D eigenvalue weighted by Gasteiger charge is 2.18. The first-order valence-electron chi connectivity index (χ1n) is 7.57. The Morgan fingerprint density at radius 3 is 3.04 bits per heavy atom. The van der Waals surface area contributed by atoms with Gasteiger partial charge in [-0.2, -0.15) is 0 Å². The van der Waals surface area contributed by atoms with E-state index in [2.05, 4.69) is 5.32 Å². The molecule has 1 aliphatic rings. The van der Waals surface area contributed by atoms with Crippen molar-refractivity contribution in [1.82, 2.24) is 5.32 Å². The first-order valence-corrected chi connectivity index (χ1v) is 7.95. The van der Waals surface area contributed by atoms with Crippen molar-refractivity contribution < 1.29 is 18.7 Å². The van der Waals surface area contributed by atoms with E-state index in [1.807, 2.05) is 12.1 Å². The molecule has 0 saturated carbocycles. The largest absolute Gasteiger partial charge is 0.486 e. The summed E-state index contributed by atoms with van der Waals surface area (Å²) in [6, 6.07) is 10.5. The van der Waals surface area contributed by atoms with Crippen molar-refractivity contribution in [3.8, 4) is 5.75 Å². The molecule has 1 fully saturated rings. The lowest BCUT2D eigenvalue weighted by atomic mass is 10.2. The molecule has 0 unspecified atom stereocenters. The van der Waals surface area contributed by atoms with Crippen molar-refractivity contribution in [2.24, 2.45) is 0 Å². The second-order valence-electron chi connectivity index (χ2n) is 5.36. The topological polar surface area (TPSA) is 60.7 Å². The Bertz CT molecular complexity index is 664. The summed E-state index contributed by atoms with van der Waals surface area (Å²) < 4.78 is 16.5. The van der Waals surface area contributed by atoms with Crippen LogP contribution in [0.25, 0.3) is 0 Å². The number of furan rings is 1. The predicted octanol–water partition coefficient (Wildman–Crippen LogP) is 3.42. The number of hydrogen-bond donors (Lipinski definition) is 1. The van der Waals surface area contributed by atoms with Gasteiger partial charge in [0.2, 0.25) is 0 Å². The van der Waals surface area contributed by atoms with Crippen LogP contribution >= 0.6 is 11.6 Å². The van der Waals surface area contributed by atoms with Gasteiger partial charge >= 0.3 is 0 Å². The molecule has 1 N–H and O–H groups in total. The van der Waals surface area contributed by atoms with Crippen molar-refractivity contribution >= 4 is 17.5 Å². The van der Waals surface area contributed by atoms with E-state index in [1.165, 1.54) is 0 Å². The first kappa shape index (κ1) is 15.9. The Hall–Kier alpha value is -1.98. The van der Waals surface area contributed by atoms with E-state index in [0.29, 0.717) is 23.1 Å². The lowest BCUT2D eigenvalue weighted by Crippen LogP contribution is -2.31. The van der Waals surface area contributed by atoms with Gasteiger partial charge in [0.25, 0.3) is 5.91 Å². The number of benzene rings is 1. The van der Waals surface area contributed by atoms with Gasteiger partial charge in [0.15, 0.2) is 5.76 Å². The van der Waals surface area contributed by atoms with Crippen molar-refractivity contribution in [2.75, 3.05) is 13.2 Å². The third-order valence-corrected chi connectivity index (χ3v) is 3.81. The van der Waals surface area contributed by atoms with Crippen molar-refractivity contribution in [3.63, 3.8) is 0 Å². The number of nitrogens with one attached hydrogen (secondary N) is 1. The summed E-state index contributed by atoms with van der Waals surface area (Å²) in [4.78, 5) is 12.0. The van der Waals surface area contributed by atoms with Crippen LogP contribution in [-0.4, -0.2) is 25.2 Å². The molecule has 0 spiro atoms. The van der Waals surface area contributed by atoms with Crippen LogP contribution in [-0.2, 0) is 11.3 Å². The highest BCUT2D eigenvalue weighted by Crippen LogP contribution is 2.19. The van der Waals surface area contributed by atoms with E-state index in [9.17, 15) is 4.79 Å². The van der Waals surface area contributed by atoms with Gasteiger partial charge < -0.3 is 19.2 Å². The molecule has 23 heavy (non-hydrogen) atoms. The molecule has 6 heteroatoms. The lowest BCUT2D eigenvalue weighted by Gasteiger charge is -2.09. The molecule has 3 rings (SSSR count). The average Bonchev–Trinajstić information content (AvgIpc) is 3.22. The maximum atomic E-state index is 12.0. The van der Waals surface area contributed by atoms with E-state index >= 15 is 0 Å².